The molecule has 0 rings (SSSR count). The first-order chi connectivity index (χ1) is 35.2. The van der Waals surface area contributed by atoms with Gasteiger partial charge in [-0.3, -0.25) is 23.4 Å². The molecule has 0 spiro atoms. The Labute approximate surface area is 439 Å². The molecule has 0 aromatic heterocycles. The molecule has 0 aromatic rings. The Balaban J connectivity index is 4.80. The summed E-state index contributed by atoms with van der Waals surface area (Å²) in [5.74, 6) is -1.54. The quantitative estimate of drug-likeness (QED) is 0.0197. The number of phosphoric acid groups is 1. The number of allylic oxidation sites excluding steroid dienone is 14. The van der Waals surface area contributed by atoms with Gasteiger partial charge < -0.3 is 24.2 Å². The van der Waals surface area contributed by atoms with E-state index in [1.807, 2.05) is 0 Å². The van der Waals surface area contributed by atoms with E-state index >= 15 is 0 Å². The molecule has 0 aliphatic rings. The number of ether oxygens (including phenoxy) is 3. The summed E-state index contributed by atoms with van der Waals surface area (Å²) in [7, 11) is -4.76. The fourth-order valence-corrected chi connectivity index (χ4v) is 8.32. The summed E-state index contributed by atoms with van der Waals surface area (Å²) in [5, 5.41) is 9.79. The lowest BCUT2D eigenvalue weighted by Crippen LogP contribution is -2.30. The van der Waals surface area contributed by atoms with Crippen LogP contribution in [0.1, 0.15) is 239 Å². The molecule has 72 heavy (non-hydrogen) atoms. The van der Waals surface area contributed by atoms with E-state index in [-0.39, 0.29) is 25.9 Å². The zero-order valence-electron chi connectivity index (χ0n) is 45.6. The van der Waals surface area contributed by atoms with Crippen LogP contribution >= 0.6 is 7.82 Å². The topological polar surface area (TPSA) is 155 Å². The molecular formula is C60H103O11P. The van der Waals surface area contributed by atoms with Gasteiger partial charge in [-0.15, -0.1) is 0 Å². The monoisotopic (exact) mass is 1030 g/mol. The number of rotatable bonds is 52. The van der Waals surface area contributed by atoms with Gasteiger partial charge in [0.25, 0.3) is 0 Å². The molecule has 11 nitrogen and oxygen atoms in total. The van der Waals surface area contributed by atoms with Crippen LogP contribution in [-0.2, 0) is 42.2 Å². The SMILES string of the molecule is CC/C=C\C/C=C\C/C=C\C/C=C\CCCCC(=O)OCC(COP(=O)(O)OCC(CO)OC(=O)CCCCC/C=C\C/C=C\C/C=C\CC)OC(=O)CCCCCCCCCCCCCCCCCCC. The highest BCUT2D eigenvalue weighted by atomic mass is 31.2. The number of hydrogen-bond donors (Lipinski definition) is 2. The third kappa shape index (κ3) is 51.6. The van der Waals surface area contributed by atoms with E-state index in [1.54, 1.807) is 0 Å². The first-order valence-corrected chi connectivity index (χ1v) is 30.0. The van der Waals surface area contributed by atoms with E-state index < -0.39 is 57.8 Å². The number of unbranched alkanes of at least 4 members (excludes halogenated alkanes) is 21. The van der Waals surface area contributed by atoms with Gasteiger partial charge >= 0.3 is 25.7 Å². The predicted molar refractivity (Wildman–Crippen MR) is 298 cm³/mol. The van der Waals surface area contributed by atoms with Crippen molar-refractivity contribution in [2.24, 2.45) is 0 Å². The molecule has 0 saturated carbocycles. The van der Waals surface area contributed by atoms with Gasteiger partial charge in [0.05, 0.1) is 19.8 Å². The Bertz CT molecular complexity index is 1530. The van der Waals surface area contributed by atoms with Crippen LogP contribution < -0.4 is 0 Å². The van der Waals surface area contributed by atoms with Crippen molar-refractivity contribution in [1.82, 2.24) is 0 Å². The van der Waals surface area contributed by atoms with E-state index in [0.29, 0.717) is 19.3 Å². The van der Waals surface area contributed by atoms with Crippen molar-refractivity contribution < 1.29 is 52.2 Å². The summed E-state index contributed by atoms with van der Waals surface area (Å²) in [6.45, 7) is 4.34. The molecular weight excluding hydrogens is 928 g/mol. The number of carbonyl (C=O) groups is 3. The minimum Gasteiger partial charge on any atom is -0.462 e. The average molecular weight is 1030 g/mol. The van der Waals surface area contributed by atoms with Crippen molar-refractivity contribution in [2.75, 3.05) is 26.4 Å². The van der Waals surface area contributed by atoms with Crippen molar-refractivity contribution in [3.63, 3.8) is 0 Å². The largest absolute Gasteiger partial charge is 0.472 e. The summed E-state index contributed by atoms with van der Waals surface area (Å²) in [6, 6.07) is 0. The molecule has 0 aliphatic carbocycles. The molecule has 2 N–H and O–H groups in total. The Kier molecular flexibility index (Phi) is 51.4. The molecule has 0 radical (unpaired) electrons. The molecule has 0 aliphatic heterocycles. The van der Waals surface area contributed by atoms with E-state index in [9.17, 15) is 28.9 Å². The highest BCUT2D eigenvalue weighted by Crippen LogP contribution is 2.43. The molecule has 0 heterocycles. The third-order valence-electron chi connectivity index (χ3n) is 11.8. The normalized spacial score (nSPS) is 14.0. The Morgan fingerprint density at radius 3 is 1.14 bits per heavy atom. The van der Waals surface area contributed by atoms with Crippen LogP contribution in [-0.4, -0.2) is 66.5 Å². The van der Waals surface area contributed by atoms with Crippen LogP contribution in [0.4, 0.5) is 0 Å². The van der Waals surface area contributed by atoms with Crippen LogP contribution in [0.3, 0.4) is 0 Å². The summed E-state index contributed by atoms with van der Waals surface area (Å²) < 4.78 is 39.4. The van der Waals surface area contributed by atoms with Crippen molar-refractivity contribution in [2.45, 2.75) is 251 Å². The zero-order chi connectivity index (χ0) is 52.7. The van der Waals surface area contributed by atoms with E-state index in [4.69, 9.17) is 23.3 Å². The Morgan fingerprint density at radius 1 is 0.403 bits per heavy atom. The molecule has 0 amide bonds. The fourth-order valence-electron chi connectivity index (χ4n) is 7.54. The highest BCUT2D eigenvalue weighted by molar-refractivity contribution is 7.47. The fraction of sp³-hybridized carbons (Fsp3) is 0.717. The summed E-state index contributed by atoms with van der Waals surface area (Å²) in [4.78, 5) is 48.5. The van der Waals surface area contributed by atoms with Crippen LogP contribution in [0.5, 0.6) is 0 Å². The maximum Gasteiger partial charge on any atom is 0.472 e. The van der Waals surface area contributed by atoms with Gasteiger partial charge in [-0.2, -0.15) is 0 Å². The molecule has 0 fully saturated rings. The molecule has 414 valence electrons. The van der Waals surface area contributed by atoms with E-state index in [2.05, 4.69) is 106 Å². The lowest BCUT2D eigenvalue weighted by atomic mass is 10.0. The third-order valence-corrected chi connectivity index (χ3v) is 12.8. The lowest BCUT2D eigenvalue weighted by molar-refractivity contribution is -0.161. The van der Waals surface area contributed by atoms with Gasteiger partial charge in [0.1, 0.15) is 12.7 Å². The van der Waals surface area contributed by atoms with Gasteiger partial charge in [-0.05, 0) is 89.9 Å². The number of carbonyl (C=O) groups excluding carboxylic acids is 3. The van der Waals surface area contributed by atoms with Crippen LogP contribution in [0.2, 0.25) is 0 Å². The number of aliphatic hydroxyl groups excluding tert-OH is 1. The first kappa shape index (κ1) is 68.7. The average Bonchev–Trinajstić information content (AvgIpc) is 3.37. The number of phosphoric ester groups is 1. The van der Waals surface area contributed by atoms with Crippen molar-refractivity contribution in [3.05, 3.63) is 85.1 Å². The molecule has 12 heteroatoms. The molecule has 0 saturated heterocycles. The van der Waals surface area contributed by atoms with E-state index in [0.717, 1.165) is 96.3 Å². The standard InChI is InChI=1S/C60H103O11P/c1-4-7-10-13-16-19-22-25-27-28-30-33-36-39-42-45-48-51-60(64)71-57(53-67-58(62)49-46-43-40-37-34-32-29-26-23-20-17-14-11-8-5-2)55-69-72(65,66)68-54-56(52-61)70-59(63)50-47-44-41-38-35-31-24-21-18-15-12-9-6-3/h8-9,11-12,17-18,20-21,26,29,31,34-35,37,56-57,61H,4-7,10,13-16,19,22-25,27-28,30,32-33,36,38-55H2,1-3H3,(H,65,66)/b11-8-,12-9-,20-17-,21-18-,29-26-,35-31-,37-34-. The highest BCUT2D eigenvalue weighted by Gasteiger charge is 2.28. The lowest BCUT2D eigenvalue weighted by Gasteiger charge is -2.21. The molecule has 3 unspecified atom stereocenters. The first-order valence-electron chi connectivity index (χ1n) is 28.5. The van der Waals surface area contributed by atoms with Gasteiger partial charge in [-0.1, -0.05) is 215 Å². The Hall–Kier alpha value is -3.34. The summed E-state index contributed by atoms with van der Waals surface area (Å²) >= 11 is 0. The molecule has 0 aromatic carbocycles. The summed E-state index contributed by atoms with van der Waals surface area (Å²) in [5.41, 5.74) is 0. The second-order valence-electron chi connectivity index (χ2n) is 18.7. The number of hydrogen-bond acceptors (Lipinski definition) is 10. The minimum absolute atomic E-state index is 0.137. The zero-order valence-corrected chi connectivity index (χ0v) is 46.5. The second-order valence-corrected chi connectivity index (χ2v) is 20.1. The molecule has 3 atom stereocenters. The van der Waals surface area contributed by atoms with Gasteiger partial charge in [-0.25, -0.2) is 4.57 Å². The summed E-state index contributed by atoms with van der Waals surface area (Å²) in [6.07, 6.45) is 61.2. The number of esters is 3. The van der Waals surface area contributed by atoms with Crippen LogP contribution in [0, 0.1) is 0 Å². The van der Waals surface area contributed by atoms with Gasteiger partial charge in [0.2, 0.25) is 0 Å². The Morgan fingerprint density at radius 2 is 0.722 bits per heavy atom. The maximum atomic E-state index is 12.9. The number of aliphatic hydroxyl groups is 1. The van der Waals surface area contributed by atoms with Gasteiger partial charge in [0.15, 0.2) is 6.10 Å². The van der Waals surface area contributed by atoms with Gasteiger partial charge in [0, 0.05) is 19.3 Å². The molecule has 0 bridgehead atoms. The van der Waals surface area contributed by atoms with Crippen molar-refractivity contribution in [3.8, 4) is 0 Å². The predicted octanol–water partition coefficient (Wildman–Crippen LogP) is 16.7. The van der Waals surface area contributed by atoms with Crippen LogP contribution in [0.15, 0.2) is 85.1 Å². The minimum atomic E-state index is -4.76. The smallest absolute Gasteiger partial charge is 0.462 e. The maximum absolute atomic E-state index is 12.9. The van der Waals surface area contributed by atoms with Crippen molar-refractivity contribution >= 4 is 25.7 Å². The van der Waals surface area contributed by atoms with Crippen LogP contribution in [0.25, 0.3) is 0 Å². The van der Waals surface area contributed by atoms with Crippen molar-refractivity contribution in [1.29, 1.82) is 0 Å². The van der Waals surface area contributed by atoms with E-state index in [1.165, 1.54) is 83.5 Å². The second kappa shape index (κ2) is 53.9.